The van der Waals surface area contributed by atoms with Crippen LogP contribution in [-0.4, -0.2) is 86.2 Å². The number of hydrogen-bond donors (Lipinski definition) is 1. The van der Waals surface area contributed by atoms with E-state index in [0.29, 0.717) is 25.7 Å². The number of piperazine rings is 1. The smallest absolute Gasteiger partial charge is 0.243 e. The van der Waals surface area contributed by atoms with Gasteiger partial charge in [-0.15, -0.1) is 0 Å². The fraction of sp³-hybridized carbons (Fsp3) is 0.619. The van der Waals surface area contributed by atoms with Gasteiger partial charge in [-0.3, -0.25) is 14.5 Å². The normalized spacial score (nSPS) is 19.0. The third kappa shape index (κ3) is 5.80. The minimum absolute atomic E-state index is 0.106. The summed E-state index contributed by atoms with van der Waals surface area (Å²) in [6, 6.07) is 9.24. The number of likely N-dealkylation sites (N-methyl/N-ethyl adjacent to an activating group) is 1. The van der Waals surface area contributed by atoms with E-state index in [1.54, 1.807) is 35.2 Å². The molecule has 1 saturated carbocycles. The molecule has 1 aromatic rings. The number of carbonyl (C=O) groups is 2. The molecule has 3 rings (SSSR count). The summed E-state index contributed by atoms with van der Waals surface area (Å²) in [7, 11) is -1.45. The second-order valence-corrected chi connectivity index (χ2v) is 10.1. The zero-order valence-electron chi connectivity index (χ0n) is 17.8. The maximum atomic E-state index is 12.7. The summed E-state index contributed by atoms with van der Waals surface area (Å²) in [5.41, 5.74) is 0. The number of sulfonamides is 1. The topological polar surface area (TPSA) is 90.0 Å². The van der Waals surface area contributed by atoms with Gasteiger partial charge in [-0.2, -0.15) is 4.31 Å². The predicted octanol–water partition coefficient (Wildman–Crippen LogP) is 0.899. The molecule has 0 aromatic heterocycles. The van der Waals surface area contributed by atoms with Crippen LogP contribution in [0.25, 0.3) is 0 Å². The highest BCUT2D eigenvalue weighted by molar-refractivity contribution is 7.89. The van der Waals surface area contributed by atoms with E-state index in [4.69, 9.17) is 0 Å². The maximum Gasteiger partial charge on any atom is 0.243 e. The first-order valence-electron chi connectivity index (χ1n) is 10.6. The van der Waals surface area contributed by atoms with Gasteiger partial charge in [-0.05, 0) is 38.9 Å². The maximum absolute atomic E-state index is 12.7. The molecule has 1 heterocycles. The van der Waals surface area contributed by atoms with E-state index in [1.165, 1.54) is 17.1 Å². The first-order valence-corrected chi connectivity index (χ1v) is 12.0. The fourth-order valence-electron chi connectivity index (χ4n) is 3.63. The Morgan fingerprint density at radius 2 is 1.73 bits per heavy atom. The Morgan fingerprint density at radius 3 is 2.33 bits per heavy atom. The van der Waals surface area contributed by atoms with E-state index in [0.717, 1.165) is 0 Å². The quantitative estimate of drug-likeness (QED) is 0.621. The van der Waals surface area contributed by atoms with Crippen molar-refractivity contribution in [2.45, 2.75) is 49.6 Å². The molecule has 1 atom stereocenters. The van der Waals surface area contributed by atoms with Crippen molar-refractivity contribution in [3.63, 3.8) is 0 Å². The Balaban J connectivity index is 1.38. The summed E-state index contributed by atoms with van der Waals surface area (Å²) in [5.74, 6) is -0.227. The van der Waals surface area contributed by atoms with Gasteiger partial charge in [0.25, 0.3) is 0 Å². The minimum Gasteiger partial charge on any atom is -0.355 e. The fourth-order valence-corrected chi connectivity index (χ4v) is 5.08. The van der Waals surface area contributed by atoms with Gasteiger partial charge < -0.3 is 10.2 Å². The molecular formula is C21H32N4O4S. The van der Waals surface area contributed by atoms with Gasteiger partial charge in [0.1, 0.15) is 0 Å². The molecule has 0 spiro atoms. The Bertz CT molecular complexity index is 834. The van der Waals surface area contributed by atoms with Crippen LogP contribution < -0.4 is 5.32 Å². The number of amides is 2. The van der Waals surface area contributed by atoms with Gasteiger partial charge in [0, 0.05) is 57.6 Å². The predicted molar refractivity (Wildman–Crippen MR) is 114 cm³/mol. The van der Waals surface area contributed by atoms with Gasteiger partial charge in [0.05, 0.1) is 4.90 Å². The lowest BCUT2D eigenvalue weighted by Gasteiger charge is -2.34. The van der Waals surface area contributed by atoms with Crippen molar-refractivity contribution in [2.24, 2.45) is 0 Å². The van der Waals surface area contributed by atoms with E-state index >= 15 is 0 Å². The van der Waals surface area contributed by atoms with Gasteiger partial charge in [0.15, 0.2) is 0 Å². The lowest BCUT2D eigenvalue weighted by atomic mass is 10.2. The second kappa shape index (κ2) is 9.89. The molecule has 0 bridgehead atoms. The first kappa shape index (κ1) is 22.7. The summed E-state index contributed by atoms with van der Waals surface area (Å²) in [4.78, 5) is 28.7. The van der Waals surface area contributed by atoms with Gasteiger partial charge in [-0.25, -0.2) is 8.42 Å². The van der Waals surface area contributed by atoms with Gasteiger partial charge in [-0.1, -0.05) is 18.2 Å². The van der Waals surface area contributed by atoms with Crippen molar-refractivity contribution in [3.05, 3.63) is 30.3 Å². The molecule has 8 nitrogen and oxygen atoms in total. The number of nitrogens with one attached hydrogen (secondary N) is 1. The van der Waals surface area contributed by atoms with Crippen molar-refractivity contribution in [3.8, 4) is 0 Å². The minimum atomic E-state index is -3.53. The molecule has 1 aromatic carbocycles. The van der Waals surface area contributed by atoms with Crippen molar-refractivity contribution < 1.29 is 18.0 Å². The number of hydrogen-bond acceptors (Lipinski definition) is 5. The van der Waals surface area contributed by atoms with Crippen LogP contribution in [0.15, 0.2) is 35.2 Å². The molecule has 1 aliphatic carbocycles. The van der Waals surface area contributed by atoms with Crippen molar-refractivity contribution >= 4 is 21.8 Å². The van der Waals surface area contributed by atoms with E-state index in [9.17, 15) is 18.0 Å². The number of nitrogens with zero attached hydrogens (tertiary/aromatic N) is 3. The summed E-state index contributed by atoms with van der Waals surface area (Å²) >= 11 is 0. The average Bonchev–Trinajstić information content (AvgIpc) is 3.61. The first-order chi connectivity index (χ1) is 14.3. The van der Waals surface area contributed by atoms with E-state index < -0.39 is 10.0 Å². The lowest BCUT2D eigenvalue weighted by Crippen LogP contribution is -2.50. The van der Waals surface area contributed by atoms with Crippen LogP contribution in [0.4, 0.5) is 0 Å². The third-order valence-electron chi connectivity index (χ3n) is 5.95. The summed E-state index contributed by atoms with van der Waals surface area (Å²) in [6.07, 6.45) is 2.75. The van der Waals surface area contributed by atoms with Crippen LogP contribution in [0, 0.1) is 0 Å². The van der Waals surface area contributed by atoms with E-state index in [1.807, 2.05) is 0 Å². The number of benzene rings is 1. The largest absolute Gasteiger partial charge is 0.355 e. The van der Waals surface area contributed by atoms with E-state index in [2.05, 4.69) is 24.2 Å². The molecule has 1 saturated heterocycles. The molecule has 1 aliphatic heterocycles. The van der Waals surface area contributed by atoms with Crippen molar-refractivity contribution in [2.75, 3.05) is 39.8 Å². The standard InChI is InChI=1S/C21H32N4O4S/c1-17(23(2)18-8-9-18)16-22-20(26)10-11-21(27)24-12-14-25(15-13-24)30(28,29)19-6-4-3-5-7-19/h3-7,17-18H,8-16H2,1-2H3,(H,22,26). The Hall–Kier alpha value is -1.97. The second-order valence-electron chi connectivity index (χ2n) is 8.15. The van der Waals surface area contributed by atoms with Crippen LogP contribution in [0.3, 0.4) is 0 Å². The zero-order chi connectivity index (χ0) is 21.7. The van der Waals surface area contributed by atoms with Crippen LogP contribution in [0.5, 0.6) is 0 Å². The highest BCUT2D eigenvalue weighted by atomic mass is 32.2. The molecule has 2 fully saturated rings. The number of rotatable bonds is 9. The lowest BCUT2D eigenvalue weighted by molar-refractivity contribution is -0.134. The zero-order valence-corrected chi connectivity index (χ0v) is 18.6. The molecule has 0 radical (unpaired) electrons. The van der Waals surface area contributed by atoms with Gasteiger partial charge in [0.2, 0.25) is 21.8 Å². The van der Waals surface area contributed by atoms with Crippen molar-refractivity contribution in [1.82, 2.24) is 19.4 Å². The summed E-state index contributed by atoms with van der Waals surface area (Å²) in [5, 5.41) is 2.91. The SMILES string of the molecule is CC(CNC(=O)CCC(=O)N1CCN(S(=O)(=O)c2ccccc2)CC1)N(C)C1CC1. The number of carbonyl (C=O) groups excluding carboxylic acids is 2. The van der Waals surface area contributed by atoms with Crippen LogP contribution >= 0.6 is 0 Å². The summed E-state index contributed by atoms with van der Waals surface area (Å²) < 4.78 is 26.7. The van der Waals surface area contributed by atoms with Crippen molar-refractivity contribution in [1.29, 1.82) is 0 Å². The summed E-state index contributed by atoms with van der Waals surface area (Å²) in [6.45, 7) is 3.88. The molecular weight excluding hydrogens is 404 g/mol. The molecule has 1 N–H and O–H groups in total. The Labute approximate surface area is 179 Å². The van der Waals surface area contributed by atoms with Crippen LogP contribution in [-0.2, 0) is 19.6 Å². The molecule has 166 valence electrons. The molecule has 2 aliphatic rings. The average molecular weight is 437 g/mol. The monoisotopic (exact) mass is 436 g/mol. The highest BCUT2D eigenvalue weighted by Gasteiger charge is 2.30. The molecule has 1 unspecified atom stereocenters. The Morgan fingerprint density at radius 1 is 1.10 bits per heavy atom. The molecule has 30 heavy (non-hydrogen) atoms. The van der Waals surface area contributed by atoms with E-state index in [-0.39, 0.29) is 48.7 Å². The Kier molecular flexibility index (Phi) is 7.49. The van der Waals surface area contributed by atoms with Gasteiger partial charge >= 0.3 is 0 Å². The van der Waals surface area contributed by atoms with Crippen LogP contribution in [0.2, 0.25) is 0 Å². The molecule has 2 amide bonds. The van der Waals surface area contributed by atoms with Crippen LogP contribution in [0.1, 0.15) is 32.6 Å². The highest BCUT2D eigenvalue weighted by Crippen LogP contribution is 2.26. The third-order valence-corrected chi connectivity index (χ3v) is 7.86. The molecule has 9 heteroatoms.